The minimum Gasteiger partial charge on any atom is -0.504 e. The molecule has 0 radical (unpaired) electrons. The van der Waals surface area contributed by atoms with Gasteiger partial charge in [0.1, 0.15) is 5.60 Å². The molecule has 1 aromatic rings. The number of likely N-dealkylation sites (N-methyl/N-ethyl adjacent to an activating group) is 1. The van der Waals surface area contributed by atoms with Crippen molar-refractivity contribution in [2.24, 2.45) is 5.92 Å². The van der Waals surface area contributed by atoms with Gasteiger partial charge in [-0.15, -0.1) is 0 Å². The second-order valence-electron chi connectivity index (χ2n) is 10.6. The number of phenolic OH excluding ortho intramolecular Hbond substituents is 1. The summed E-state index contributed by atoms with van der Waals surface area (Å²) in [5.74, 6) is -0.0965. The lowest BCUT2D eigenvalue weighted by Gasteiger charge is -2.57. The number of allylic oxidation sites excluding steroid dienone is 1. The van der Waals surface area contributed by atoms with Crippen LogP contribution in [-0.4, -0.2) is 47.2 Å². The van der Waals surface area contributed by atoms with Crippen LogP contribution in [0, 0.1) is 5.92 Å². The lowest BCUT2D eigenvalue weighted by molar-refractivity contribution is -0.154. The Morgan fingerprint density at radius 2 is 2.03 bits per heavy atom. The van der Waals surface area contributed by atoms with Crippen LogP contribution in [0.4, 0.5) is 0 Å². The molecule has 174 valence electrons. The lowest BCUT2D eigenvalue weighted by Crippen LogP contribution is -2.59. The average molecular weight is 442 g/mol. The van der Waals surface area contributed by atoms with E-state index in [4.69, 9.17) is 9.47 Å². The third-order valence-electron chi connectivity index (χ3n) is 7.28. The van der Waals surface area contributed by atoms with E-state index in [1.165, 1.54) is 6.92 Å². The van der Waals surface area contributed by atoms with Gasteiger partial charge in [-0.05, 0) is 83.7 Å². The summed E-state index contributed by atoms with van der Waals surface area (Å²) in [4.78, 5) is 26.6. The number of hydrogen-bond acceptors (Lipinski definition) is 6. The third-order valence-corrected chi connectivity index (χ3v) is 7.28. The van der Waals surface area contributed by atoms with Crippen molar-refractivity contribution in [1.29, 1.82) is 0 Å². The van der Waals surface area contributed by atoms with Crippen LogP contribution in [0.3, 0.4) is 0 Å². The van der Waals surface area contributed by atoms with Crippen LogP contribution in [0.1, 0.15) is 70.1 Å². The number of aromatic hydroxyl groups is 1. The van der Waals surface area contributed by atoms with Crippen molar-refractivity contribution in [3.8, 4) is 11.5 Å². The van der Waals surface area contributed by atoms with Crippen LogP contribution in [0.25, 0.3) is 0 Å². The zero-order valence-corrected chi connectivity index (χ0v) is 19.9. The van der Waals surface area contributed by atoms with Gasteiger partial charge >= 0.3 is 11.9 Å². The molecule has 3 atom stereocenters. The second kappa shape index (κ2) is 8.22. The number of aryl methyl sites for hydroxylation is 1. The van der Waals surface area contributed by atoms with E-state index in [0.717, 1.165) is 48.9 Å². The molecular formula is C26H35NO5. The fourth-order valence-corrected chi connectivity index (χ4v) is 6.04. The fourth-order valence-electron chi connectivity index (χ4n) is 6.04. The molecule has 6 heteroatoms. The molecule has 1 N–H and O–H groups in total. The molecule has 1 fully saturated rings. The second-order valence-corrected chi connectivity index (χ2v) is 10.6. The smallest absolute Gasteiger partial charge is 0.308 e. The Hall–Kier alpha value is -2.34. The highest BCUT2D eigenvalue weighted by Gasteiger charge is 2.54. The quantitative estimate of drug-likeness (QED) is 0.432. The number of esters is 2. The van der Waals surface area contributed by atoms with Crippen LogP contribution in [-0.2, 0) is 32.6 Å². The van der Waals surface area contributed by atoms with Crippen LogP contribution in [0.2, 0.25) is 0 Å². The fraction of sp³-hybridized carbons (Fsp3) is 0.615. The van der Waals surface area contributed by atoms with E-state index >= 15 is 0 Å². The average Bonchev–Trinajstić information content (AvgIpc) is 2.69. The summed E-state index contributed by atoms with van der Waals surface area (Å²) in [6.45, 7) is 7.89. The highest BCUT2D eigenvalue weighted by molar-refractivity contribution is 5.73. The third kappa shape index (κ3) is 4.05. The minimum absolute atomic E-state index is 0.0968. The first kappa shape index (κ1) is 22.8. The zero-order chi connectivity index (χ0) is 23.3. The van der Waals surface area contributed by atoms with E-state index in [0.29, 0.717) is 18.4 Å². The summed E-state index contributed by atoms with van der Waals surface area (Å²) in [7, 11) is 2.18. The minimum atomic E-state index is -0.533. The van der Waals surface area contributed by atoms with Gasteiger partial charge < -0.3 is 19.5 Å². The Morgan fingerprint density at radius 1 is 1.28 bits per heavy atom. The molecule has 4 rings (SSSR count). The topological polar surface area (TPSA) is 76.1 Å². The lowest BCUT2D eigenvalue weighted by atomic mass is 9.53. The van der Waals surface area contributed by atoms with Crippen molar-refractivity contribution in [3.05, 3.63) is 34.9 Å². The number of rotatable bonds is 4. The van der Waals surface area contributed by atoms with Gasteiger partial charge in [-0.25, -0.2) is 0 Å². The van der Waals surface area contributed by atoms with Crippen molar-refractivity contribution < 1.29 is 24.2 Å². The van der Waals surface area contributed by atoms with E-state index in [1.54, 1.807) is 6.07 Å². The molecule has 6 nitrogen and oxygen atoms in total. The SMILES string of the molecule is CC(=O)Oc1cc(CCC(=O)OC(C)(C)C)c2c(c1O)C13CCC=CC1C(C2)N(C)CC3. The number of likely N-dealkylation sites (tertiary alicyclic amines) is 1. The molecular weight excluding hydrogens is 406 g/mol. The number of benzene rings is 1. The maximum atomic E-state index is 12.4. The van der Waals surface area contributed by atoms with Gasteiger partial charge in [0.2, 0.25) is 0 Å². The first-order valence-corrected chi connectivity index (χ1v) is 11.7. The number of nitrogens with zero attached hydrogens (tertiary/aromatic N) is 1. The standard InChI is InChI=1S/C26H35NO5/c1-16(28)31-21-14-17(9-10-22(29)32-25(2,3)4)18-15-20-19-8-6-7-11-26(19,12-13-27(20)5)23(18)24(21)30/h6,8,14,19-20,30H,7,9-13,15H2,1-5H3. The first-order chi connectivity index (χ1) is 15.0. The molecule has 3 aliphatic rings. The number of hydrogen-bond donors (Lipinski definition) is 1. The largest absolute Gasteiger partial charge is 0.504 e. The van der Waals surface area contributed by atoms with E-state index < -0.39 is 11.6 Å². The van der Waals surface area contributed by atoms with Gasteiger partial charge in [-0.2, -0.15) is 0 Å². The van der Waals surface area contributed by atoms with Gasteiger partial charge in [0.05, 0.1) is 0 Å². The molecule has 32 heavy (non-hydrogen) atoms. The Balaban J connectivity index is 1.80. The molecule has 2 aliphatic carbocycles. The highest BCUT2D eigenvalue weighted by atomic mass is 16.6. The first-order valence-electron chi connectivity index (χ1n) is 11.7. The number of fused-ring (bicyclic) bond motifs is 1. The number of carbonyl (C=O) groups excluding carboxylic acids is 2. The maximum Gasteiger partial charge on any atom is 0.308 e. The predicted octanol–water partition coefficient (Wildman–Crippen LogP) is 4.06. The van der Waals surface area contributed by atoms with Crippen molar-refractivity contribution in [2.75, 3.05) is 13.6 Å². The molecule has 3 unspecified atom stereocenters. The van der Waals surface area contributed by atoms with E-state index in [2.05, 4.69) is 24.1 Å². The van der Waals surface area contributed by atoms with E-state index in [1.807, 2.05) is 20.8 Å². The Bertz CT molecular complexity index is 960. The Kier molecular flexibility index (Phi) is 5.86. The Labute approximate surface area is 190 Å². The highest BCUT2D eigenvalue weighted by Crippen LogP contribution is 2.58. The van der Waals surface area contributed by atoms with Crippen molar-refractivity contribution in [2.45, 2.75) is 83.3 Å². The monoisotopic (exact) mass is 441 g/mol. The summed E-state index contributed by atoms with van der Waals surface area (Å²) in [5, 5.41) is 11.3. The Morgan fingerprint density at radius 3 is 2.72 bits per heavy atom. The van der Waals surface area contributed by atoms with Crippen LogP contribution >= 0.6 is 0 Å². The van der Waals surface area contributed by atoms with Crippen LogP contribution < -0.4 is 4.74 Å². The van der Waals surface area contributed by atoms with Crippen molar-refractivity contribution >= 4 is 11.9 Å². The maximum absolute atomic E-state index is 12.4. The summed E-state index contributed by atoms with van der Waals surface area (Å²) in [5.41, 5.74) is 2.32. The molecule has 0 spiro atoms. The molecule has 1 saturated heterocycles. The summed E-state index contributed by atoms with van der Waals surface area (Å²) in [6.07, 6.45) is 9.00. The van der Waals surface area contributed by atoms with Gasteiger partial charge in [0.25, 0.3) is 0 Å². The van der Waals surface area contributed by atoms with E-state index in [9.17, 15) is 14.7 Å². The number of piperidine rings is 1. The summed E-state index contributed by atoms with van der Waals surface area (Å²) >= 11 is 0. The normalized spacial score (nSPS) is 26.8. The summed E-state index contributed by atoms with van der Waals surface area (Å²) in [6, 6.07) is 2.11. The van der Waals surface area contributed by atoms with Gasteiger partial charge in [-0.3, -0.25) is 9.59 Å². The molecule has 0 aromatic heterocycles. The molecule has 0 saturated carbocycles. The molecule has 1 aromatic carbocycles. The molecule has 0 amide bonds. The van der Waals surface area contributed by atoms with Gasteiger partial charge in [0.15, 0.2) is 11.5 Å². The summed E-state index contributed by atoms with van der Waals surface area (Å²) < 4.78 is 10.9. The molecule has 2 bridgehead atoms. The zero-order valence-electron chi connectivity index (χ0n) is 19.9. The molecule has 1 aliphatic heterocycles. The molecule has 1 heterocycles. The number of phenols is 1. The van der Waals surface area contributed by atoms with Crippen LogP contribution in [0.5, 0.6) is 11.5 Å². The number of carbonyl (C=O) groups is 2. The van der Waals surface area contributed by atoms with Crippen molar-refractivity contribution in [3.63, 3.8) is 0 Å². The van der Waals surface area contributed by atoms with Gasteiger partial charge in [0, 0.05) is 36.3 Å². The van der Waals surface area contributed by atoms with Gasteiger partial charge in [-0.1, -0.05) is 12.2 Å². The van der Waals surface area contributed by atoms with E-state index in [-0.39, 0.29) is 29.3 Å². The predicted molar refractivity (Wildman–Crippen MR) is 122 cm³/mol. The van der Waals surface area contributed by atoms with Crippen LogP contribution in [0.15, 0.2) is 18.2 Å². The number of ether oxygens (including phenoxy) is 2. The van der Waals surface area contributed by atoms with Crippen molar-refractivity contribution in [1.82, 2.24) is 4.90 Å².